The van der Waals surface area contributed by atoms with Crippen molar-refractivity contribution in [3.63, 3.8) is 0 Å². The van der Waals surface area contributed by atoms with Crippen LogP contribution in [0.15, 0.2) is 60.7 Å². The summed E-state index contributed by atoms with van der Waals surface area (Å²) in [7, 11) is 0. The zero-order valence-electron chi connectivity index (χ0n) is 41.1. The molecule has 65 heavy (non-hydrogen) atoms. The molecular weight excluding hydrogens is 946 g/mol. The van der Waals surface area contributed by atoms with Crippen molar-refractivity contribution in [2.75, 3.05) is 0 Å². The third-order valence-electron chi connectivity index (χ3n) is 11.5. The van der Waals surface area contributed by atoms with Crippen LogP contribution in [0.2, 0.25) is 0 Å². The Kier molecular flexibility index (Phi) is 42.8. The fourth-order valence-electron chi connectivity index (χ4n) is 7.90. The molecule has 0 aromatic heterocycles. The van der Waals surface area contributed by atoms with Crippen molar-refractivity contribution in [1.82, 2.24) is 0 Å². The number of carboxylic acid groups (broad SMARTS) is 2. The first-order valence-corrected chi connectivity index (χ1v) is 25.1. The van der Waals surface area contributed by atoms with Gasteiger partial charge >= 0.3 is 60.8 Å². The van der Waals surface area contributed by atoms with Crippen LogP contribution in [0, 0.1) is 0 Å². The summed E-state index contributed by atoms with van der Waals surface area (Å²) in [5, 5.41) is 21.8. The van der Waals surface area contributed by atoms with Crippen LogP contribution in [-0.4, -0.2) is 97.2 Å². The Hall–Kier alpha value is -2.19. The minimum atomic E-state index is -1.04. The first-order chi connectivity index (χ1) is 31.0. The largest absolute Gasteiger partial charge is 2.00 e. The van der Waals surface area contributed by atoms with E-state index in [2.05, 4.69) is 13.8 Å². The summed E-state index contributed by atoms with van der Waals surface area (Å²) in [6.45, 7) is 8.37. The molecule has 0 N–H and O–H groups in total. The zero-order chi connectivity index (χ0) is 46.9. The van der Waals surface area contributed by atoms with Gasteiger partial charge < -0.3 is 38.7 Å². The maximum Gasteiger partial charge on any atom is 2.00 e. The molecule has 10 nitrogen and oxygen atoms in total. The summed E-state index contributed by atoms with van der Waals surface area (Å²) in [4.78, 5) is 44.7. The van der Waals surface area contributed by atoms with E-state index in [1.807, 2.05) is 60.7 Å². The van der Waals surface area contributed by atoms with Gasteiger partial charge in [-0.1, -0.05) is 164 Å². The molecule has 2 aromatic rings. The van der Waals surface area contributed by atoms with Crippen molar-refractivity contribution in [3.05, 3.63) is 71.8 Å². The van der Waals surface area contributed by atoms with E-state index in [1.165, 1.54) is 90.9 Å². The molecule has 0 bridgehead atoms. The molecule has 2 rings (SSSR count). The fraction of sp³-hybridized carbons (Fsp3) is 0.704. The van der Waals surface area contributed by atoms with Gasteiger partial charge in [-0.05, 0) is 101 Å². The van der Waals surface area contributed by atoms with E-state index >= 15 is 0 Å². The number of ether oxygens (including phenoxy) is 4. The number of carbonyl (C=O) groups is 4. The number of benzene rings is 2. The Morgan fingerprint density at radius 1 is 0.415 bits per heavy atom. The van der Waals surface area contributed by atoms with E-state index in [-0.39, 0.29) is 98.1 Å². The molecule has 0 radical (unpaired) electrons. The van der Waals surface area contributed by atoms with Crippen LogP contribution in [0.3, 0.4) is 0 Å². The van der Waals surface area contributed by atoms with Gasteiger partial charge in [-0.25, -0.2) is 0 Å². The van der Waals surface area contributed by atoms with Crippen LogP contribution >= 0.6 is 0 Å². The third kappa shape index (κ3) is 40.6. The number of rotatable bonds is 40. The second-order valence-corrected chi connectivity index (χ2v) is 17.5. The van der Waals surface area contributed by atoms with Crippen LogP contribution in [0.25, 0.3) is 0 Å². The molecule has 0 aliphatic heterocycles. The van der Waals surface area contributed by atoms with Crippen molar-refractivity contribution in [2.24, 2.45) is 0 Å². The average Bonchev–Trinajstić information content (AvgIpc) is 3.27. The molecule has 0 heterocycles. The number of carbonyl (C=O) groups excluding carboxylic acids is 4. The second kappa shape index (κ2) is 44.3. The Balaban J connectivity index is 0.00000124. The normalized spacial score (nSPS) is 12.7. The van der Waals surface area contributed by atoms with Gasteiger partial charge in [0.05, 0.1) is 25.4 Å². The van der Waals surface area contributed by atoms with E-state index in [1.54, 1.807) is 0 Å². The molecule has 2 aromatic carbocycles. The van der Waals surface area contributed by atoms with Gasteiger partial charge in [-0.3, -0.25) is 9.59 Å². The van der Waals surface area contributed by atoms with E-state index in [4.69, 9.17) is 18.9 Å². The third-order valence-corrected chi connectivity index (χ3v) is 11.5. The molecular formula is C54H86BaO10. The molecule has 0 amide bonds. The molecule has 0 spiro atoms. The van der Waals surface area contributed by atoms with Gasteiger partial charge in [-0.15, -0.1) is 0 Å². The monoisotopic (exact) mass is 1030 g/mol. The zero-order valence-corrected chi connectivity index (χ0v) is 45.5. The number of aliphatic carboxylic acids is 2. The predicted molar refractivity (Wildman–Crippen MR) is 258 cm³/mol. The standard InChI is InChI=1S/2C27H44O5.Ba/c2*1-3-4-5-6-7-8-12-18-26(32-23(2)28)19-14-13-17-25(20-21-27(29)30)31-22-24-15-10-9-11-16-24;/h2*9-11,15-16,25-26H,3-8,12-14,17-22H2,1-2H3,(H,29,30);/q;;+2/p-2. The van der Waals surface area contributed by atoms with E-state index < -0.39 is 11.9 Å². The minimum Gasteiger partial charge on any atom is -0.550 e. The van der Waals surface area contributed by atoms with Crippen LogP contribution in [0.4, 0.5) is 0 Å². The number of carboxylic acids is 2. The van der Waals surface area contributed by atoms with Gasteiger partial charge in [0, 0.05) is 25.8 Å². The summed E-state index contributed by atoms with van der Waals surface area (Å²) in [6.07, 6.45) is 27.0. The summed E-state index contributed by atoms with van der Waals surface area (Å²) < 4.78 is 23.0. The van der Waals surface area contributed by atoms with Crippen LogP contribution < -0.4 is 10.2 Å². The van der Waals surface area contributed by atoms with E-state index in [9.17, 15) is 29.4 Å². The fourth-order valence-corrected chi connectivity index (χ4v) is 7.90. The molecule has 0 aliphatic carbocycles. The second-order valence-electron chi connectivity index (χ2n) is 17.5. The molecule has 364 valence electrons. The van der Waals surface area contributed by atoms with Gasteiger partial charge in [0.25, 0.3) is 0 Å². The summed E-state index contributed by atoms with van der Waals surface area (Å²) in [6, 6.07) is 19.8. The SMILES string of the molecule is CCCCCCCCCC(CCCCC(CCC(=O)[O-])OCc1ccccc1)OC(C)=O.CCCCCCCCCC(CCCCC(CCC(=O)[O-])OCc1ccccc1)OC(C)=O.[Ba+2]. The maximum atomic E-state index is 11.5. The van der Waals surface area contributed by atoms with E-state index in [0.29, 0.717) is 26.1 Å². The van der Waals surface area contributed by atoms with Crippen molar-refractivity contribution in [2.45, 2.75) is 245 Å². The molecule has 4 unspecified atom stereocenters. The smallest absolute Gasteiger partial charge is 0.550 e. The molecule has 11 heteroatoms. The molecule has 0 saturated heterocycles. The number of hydrogen-bond acceptors (Lipinski definition) is 10. The minimum absolute atomic E-state index is 0. The average molecular weight is 1030 g/mol. The Labute approximate surface area is 434 Å². The number of esters is 2. The van der Waals surface area contributed by atoms with Crippen LogP contribution in [-0.2, 0) is 51.3 Å². The van der Waals surface area contributed by atoms with Gasteiger partial charge in [-0.2, -0.15) is 0 Å². The Morgan fingerprint density at radius 3 is 0.985 bits per heavy atom. The van der Waals surface area contributed by atoms with Crippen LogP contribution in [0.1, 0.15) is 219 Å². The maximum absolute atomic E-state index is 11.5. The Morgan fingerprint density at radius 2 is 0.692 bits per heavy atom. The van der Waals surface area contributed by atoms with Crippen molar-refractivity contribution in [1.29, 1.82) is 0 Å². The molecule has 0 saturated carbocycles. The van der Waals surface area contributed by atoms with Gasteiger partial charge in [0.1, 0.15) is 12.2 Å². The van der Waals surface area contributed by atoms with Gasteiger partial charge in [0.2, 0.25) is 0 Å². The predicted octanol–water partition coefficient (Wildman–Crippen LogP) is 11.1. The van der Waals surface area contributed by atoms with Crippen molar-refractivity contribution >= 4 is 72.8 Å². The summed E-state index contributed by atoms with van der Waals surface area (Å²) >= 11 is 0. The number of hydrogen-bond donors (Lipinski definition) is 0. The van der Waals surface area contributed by atoms with Crippen LogP contribution in [0.5, 0.6) is 0 Å². The van der Waals surface area contributed by atoms with E-state index in [0.717, 1.165) is 88.2 Å². The first kappa shape index (κ1) is 62.8. The Bertz CT molecular complexity index is 1320. The molecule has 4 atom stereocenters. The molecule has 0 aliphatic rings. The van der Waals surface area contributed by atoms with Crippen molar-refractivity contribution < 1.29 is 48.3 Å². The number of unbranched alkanes of at least 4 members (excludes halogenated alkanes) is 14. The summed E-state index contributed by atoms with van der Waals surface area (Å²) in [5.41, 5.74) is 2.16. The molecule has 0 fully saturated rings. The first-order valence-electron chi connectivity index (χ1n) is 25.1. The summed E-state index contributed by atoms with van der Waals surface area (Å²) in [5.74, 6) is -2.50. The van der Waals surface area contributed by atoms with Crippen molar-refractivity contribution in [3.8, 4) is 0 Å². The quantitative estimate of drug-likeness (QED) is 0.0358. The topological polar surface area (TPSA) is 151 Å². The van der Waals surface area contributed by atoms with Gasteiger partial charge in [0.15, 0.2) is 0 Å².